The van der Waals surface area contributed by atoms with Crippen molar-refractivity contribution in [1.29, 1.82) is 0 Å². The highest BCUT2D eigenvalue weighted by molar-refractivity contribution is 9.10. The third kappa shape index (κ3) is 4.15. The number of amides is 1. The molecule has 1 rings (SSSR count). The molecule has 0 atom stereocenters. The molecule has 0 heterocycles. The van der Waals surface area contributed by atoms with Gasteiger partial charge in [-0.3, -0.25) is 4.79 Å². The van der Waals surface area contributed by atoms with E-state index in [4.69, 9.17) is 0 Å². The van der Waals surface area contributed by atoms with Gasteiger partial charge in [0, 0.05) is 17.1 Å². The Morgan fingerprint density at radius 2 is 1.95 bits per heavy atom. The lowest BCUT2D eigenvalue weighted by atomic mass is 10.1. The van der Waals surface area contributed by atoms with Gasteiger partial charge in [0.1, 0.15) is 0 Å². The number of nitrogens with zero attached hydrogens (tertiary/aromatic N) is 1. The van der Waals surface area contributed by atoms with Crippen molar-refractivity contribution in [1.82, 2.24) is 4.90 Å². The maximum absolute atomic E-state index is 12.6. The molecule has 106 valence electrons. The van der Waals surface area contributed by atoms with Crippen LogP contribution in [0.2, 0.25) is 0 Å². The maximum atomic E-state index is 12.6. The second-order valence-corrected chi connectivity index (χ2v) is 4.62. The van der Waals surface area contributed by atoms with Gasteiger partial charge in [-0.1, -0.05) is 15.9 Å². The largest absolute Gasteiger partial charge is 0.417 e. The lowest BCUT2D eigenvalue weighted by Crippen LogP contribution is -2.31. The van der Waals surface area contributed by atoms with E-state index >= 15 is 0 Å². The number of hydrogen-bond acceptors (Lipinski definition) is 1. The van der Waals surface area contributed by atoms with Crippen LogP contribution in [-0.2, 0) is 6.18 Å². The van der Waals surface area contributed by atoms with Crippen LogP contribution in [0.25, 0.3) is 0 Å². The molecule has 1 aromatic rings. The van der Waals surface area contributed by atoms with Crippen molar-refractivity contribution in [2.24, 2.45) is 0 Å². The van der Waals surface area contributed by atoms with Gasteiger partial charge in [0.15, 0.2) is 0 Å². The molecule has 0 N–H and O–H groups in total. The second kappa shape index (κ2) is 5.85. The van der Waals surface area contributed by atoms with Crippen LogP contribution in [0.4, 0.5) is 22.0 Å². The fourth-order valence-electron chi connectivity index (χ4n) is 1.39. The number of rotatable bonds is 3. The minimum atomic E-state index is -4.63. The molecule has 0 radical (unpaired) electrons. The Labute approximate surface area is 114 Å². The normalized spacial score (nSPS) is 11.8. The number of benzene rings is 1. The first-order valence-corrected chi connectivity index (χ1v) is 5.82. The van der Waals surface area contributed by atoms with Crippen LogP contribution < -0.4 is 0 Å². The zero-order chi connectivity index (χ0) is 14.8. The standard InChI is InChI=1S/C11H9BrF5NO/c1-18(5-9(13)14)10(19)6-2-3-8(12)7(4-6)11(15,16)17/h2-4,9H,5H2,1H3. The average molecular weight is 346 g/mol. The molecule has 0 fully saturated rings. The average Bonchev–Trinajstić information content (AvgIpc) is 2.26. The lowest BCUT2D eigenvalue weighted by Gasteiger charge is -2.17. The first-order chi connectivity index (χ1) is 8.62. The number of carbonyl (C=O) groups excluding carboxylic acids is 1. The van der Waals surface area contributed by atoms with E-state index in [1.54, 1.807) is 0 Å². The highest BCUT2D eigenvalue weighted by Crippen LogP contribution is 2.35. The third-order valence-corrected chi connectivity index (χ3v) is 2.97. The fraction of sp³-hybridized carbons (Fsp3) is 0.364. The van der Waals surface area contributed by atoms with Crippen molar-refractivity contribution in [3.63, 3.8) is 0 Å². The molecule has 0 saturated carbocycles. The first-order valence-electron chi connectivity index (χ1n) is 5.03. The van der Waals surface area contributed by atoms with Gasteiger partial charge >= 0.3 is 6.18 Å². The van der Waals surface area contributed by atoms with Crippen molar-refractivity contribution in [2.75, 3.05) is 13.6 Å². The van der Waals surface area contributed by atoms with E-state index in [2.05, 4.69) is 15.9 Å². The second-order valence-electron chi connectivity index (χ2n) is 3.77. The van der Waals surface area contributed by atoms with E-state index in [-0.39, 0.29) is 10.0 Å². The van der Waals surface area contributed by atoms with E-state index in [0.717, 1.165) is 19.2 Å². The van der Waals surface area contributed by atoms with E-state index in [1.165, 1.54) is 0 Å². The van der Waals surface area contributed by atoms with Gasteiger partial charge < -0.3 is 4.90 Å². The topological polar surface area (TPSA) is 20.3 Å². The zero-order valence-electron chi connectivity index (χ0n) is 9.64. The Bertz CT molecular complexity index is 475. The maximum Gasteiger partial charge on any atom is 0.417 e. The van der Waals surface area contributed by atoms with Gasteiger partial charge in [-0.05, 0) is 18.2 Å². The van der Waals surface area contributed by atoms with Crippen LogP contribution in [-0.4, -0.2) is 30.8 Å². The van der Waals surface area contributed by atoms with E-state index in [9.17, 15) is 26.7 Å². The Kier molecular flexibility index (Phi) is 4.89. The smallest absolute Gasteiger partial charge is 0.336 e. The van der Waals surface area contributed by atoms with Crippen molar-refractivity contribution in [3.05, 3.63) is 33.8 Å². The van der Waals surface area contributed by atoms with Crippen LogP contribution in [0.5, 0.6) is 0 Å². The number of hydrogen-bond donors (Lipinski definition) is 0. The van der Waals surface area contributed by atoms with Crippen LogP contribution in [0, 0.1) is 0 Å². The Morgan fingerprint density at radius 3 is 2.42 bits per heavy atom. The summed E-state index contributed by atoms with van der Waals surface area (Å²) in [4.78, 5) is 12.4. The van der Waals surface area contributed by atoms with Crippen molar-refractivity contribution >= 4 is 21.8 Å². The van der Waals surface area contributed by atoms with Crippen LogP contribution in [0.1, 0.15) is 15.9 Å². The SMILES string of the molecule is CN(CC(F)F)C(=O)c1ccc(Br)c(C(F)(F)F)c1. The van der Waals surface area contributed by atoms with Gasteiger partial charge in [0.25, 0.3) is 12.3 Å². The molecule has 0 unspecified atom stereocenters. The molecule has 19 heavy (non-hydrogen) atoms. The molecular formula is C11H9BrF5NO. The number of alkyl halides is 5. The molecule has 0 aliphatic carbocycles. The summed E-state index contributed by atoms with van der Waals surface area (Å²) in [5.41, 5.74) is -1.32. The molecule has 0 spiro atoms. The molecule has 1 amide bonds. The van der Waals surface area contributed by atoms with E-state index in [1.807, 2.05) is 0 Å². The molecule has 0 aliphatic rings. The lowest BCUT2D eigenvalue weighted by molar-refractivity contribution is -0.138. The summed E-state index contributed by atoms with van der Waals surface area (Å²) in [7, 11) is 1.10. The van der Waals surface area contributed by atoms with Gasteiger partial charge in [0.2, 0.25) is 0 Å². The molecule has 0 aromatic heterocycles. The predicted octanol–water partition coefficient (Wildman–Crippen LogP) is 3.81. The first kappa shape index (κ1) is 15.9. The molecule has 1 aromatic carbocycles. The predicted molar refractivity (Wildman–Crippen MR) is 62.1 cm³/mol. The summed E-state index contributed by atoms with van der Waals surface area (Å²) in [6.45, 7) is -0.837. The third-order valence-electron chi connectivity index (χ3n) is 2.28. The highest BCUT2D eigenvalue weighted by atomic mass is 79.9. The highest BCUT2D eigenvalue weighted by Gasteiger charge is 2.33. The fourth-order valence-corrected chi connectivity index (χ4v) is 1.86. The molecule has 8 heteroatoms. The molecule has 2 nitrogen and oxygen atoms in total. The summed E-state index contributed by atoms with van der Waals surface area (Å²) in [6, 6.07) is 2.84. The number of halogens is 6. The Hall–Kier alpha value is -1.18. The van der Waals surface area contributed by atoms with Gasteiger partial charge in [-0.15, -0.1) is 0 Å². The summed E-state index contributed by atoms with van der Waals surface area (Å²) >= 11 is 2.73. The number of carbonyl (C=O) groups is 1. The van der Waals surface area contributed by atoms with Gasteiger partial charge in [0.05, 0.1) is 12.1 Å². The quantitative estimate of drug-likeness (QED) is 0.763. The summed E-state index contributed by atoms with van der Waals surface area (Å²) in [5.74, 6) is -0.890. The Morgan fingerprint density at radius 1 is 1.37 bits per heavy atom. The Balaban J connectivity index is 3.06. The minimum Gasteiger partial charge on any atom is -0.336 e. The summed E-state index contributed by atoms with van der Waals surface area (Å²) in [5, 5.41) is 0. The minimum absolute atomic E-state index is 0.215. The zero-order valence-corrected chi connectivity index (χ0v) is 11.2. The summed E-state index contributed by atoms with van der Waals surface area (Å²) < 4.78 is 61.9. The van der Waals surface area contributed by atoms with Gasteiger partial charge in [-0.2, -0.15) is 13.2 Å². The molecule has 0 bridgehead atoms. The molecule has 0 aliphatic heterocycles. The van der Waals surface area contributed by atoms with Crippen molar-refractivity contribution < 1.29 is 26.7 Å². The van der Waals surface area contributed by atoms with E-state index in [0.29, 0.717) is 11.0 Å². The summed E-state index contributed by atoms with van der Waals surface area (Å²) in [6.07, 6.45) is -7.37. The van der Waals surface area contributed by atoms with Crippen LogP contribution in [0.15, 0.2) is 22.7 Å². The van der Waals surface area contributed by atoms with Crippen LogP contribution in [0.3, 0.4) is 0 Å². The molecule has 0 saturated heterocycles. The van der Waals surface area contributed by atoms with Gasteiger partial charge in [-0.25, -0.2) is 8.78 Å². The van der Waals surface area contributed by atoms with Crippen molar-refractivity contribution in [3.8, 4) is 0 Å². The van der Waals surface area contributed by atoms with Crippen molar-refractivity contribution in [2.45, 2.75) is 12.6 Å². The van der Waals surface area contributed by atoms with Crippen LogP contribution >= 0.6 is 15.9 Å². The monoisotopic (exact) mass is 345 g/mol. The van der Waals surface area contributed by atoms with E-state index < -0.39 is 30.6 Å². The molecular weight excluding hydrogens is 337 g/mol.